The van der Waals surface area contributed by atoms with Crippen LogP contribution in [0.5, 0.6) is 11.5 Å². The molecule has 0 fully saturated rings. The lowest BCUT2D eigenvalue weighted by atomic mass is 10.2. The van der Waals surface area contributed by atoms with E-state index in [0.717, 1.165) is 11.6 Å². The van der Waals surface area contributed by atoms with Crippen LogP contribution in [0.3, 0.4) is 0 Å². The number of benzene rings is 3. The SMILES string of the molecule is O=C(CNC(=O)c1cccc([N+](=O)[O-])c1)NCc1cccc(Oc2ccccc2)c1. The van der Waals surface area contributed by atoms with Crippen LogP contribution in [0.2, 0.25) is 0 Å². The van der Waals surface area contributed by atoms with Gasteiger partial charge in [-0.25, -0.2) is 0 Å². The van der Waals surface area contributed by atoms with Crippen LogP contribution in [0.15, 0.2) is 78.9 Å². The van der Waals surface area contributed by atoms with E-state index in [-0.39, 0.29) is 30.2 Å². The number of amides is 2. The molecule has 0 spiro atoms. The lowest BCUT2D eigenvalue weighted by Crippen LogP contribution is -2.36. The number of nitro benzene ring substituents is 1. The maximum atomic E-state index is 12.1. The van der Waals surface area contributed by atoms with Gasteiger partial charge in [0.25, 0.3) is 11.6 Å². The van der Waals surface area contributed by atoms with Crippen LogP contribution in [0.4, 0.5) is 5.69 Å². The van der Waals surface area contributed by atoms with Gasteiger partial charge in [0, 0.05) is 24.2 Å². The molecule has 0 aliphatic heterocycles. The zero-order valence-corrected chi connectivity index (χ0v) is 15.9. The van der Waals surface area contributed by atoms with Crippen LogP contribution < -0.4 is 15.4 Å². The molecule has 0 saturated carbocycles. The van der Waals surface area contributed by atoms with Crippen molar-refractivity contribution in [2.45, 2.75) is 6.54 Å². The summed E-state index contributed by atoms with van der Waals surface area (Å²) in [6.45, 7) is 0.0131. The van der Waals surface area contributed by atoms with Crippen molar-refractivity contribution in [2.24, 2.45) is 0 Å². The second-order valence-electron chi connectivity index (χ2n) is 6.33. The molecule has 3 aromatic carbocycles. The summed E-state index contributed by atoms with van der Waals surface area (Å²) in [7, 11) is 0. The Bertz CT molecular complexity index is 1050. The van der Waals surface area contributed by atoms with E-state index in [1.807, 2.05) is 54.6 Å². The molecule has 3 rings (SSSR count). The molecule has 3 aromatic rings. The first-order valence-corrected chi connectivity index (χ1v) is 9.12. The summed E-state index contributed by atoms with van der Waals surface area (Å²) < 4.78 is 5.76. The molecular formula is C22H19N3O5. The zero-order valence-electron chi connectivity index (χ0n) is 15.9. The minimum atomic E-state index is -0.584. The van der Waals surface area contributed by atoms with E-state index in [2.05, 4.69) is 10.6 Å². The number of hydrogen-bond donors (Lipinski definition) is 2. The van der Waals surface area contributed by atoms with Crippen molar-refractivity contribution in [3.05, 3.63) is 100 Å². The molecule has 0 bridgehead atoms. The molecule has 2 N–H and O–H groups in total. The molecular weight excluding hydrogens is 386 g/mol. The van der Waals surface area contributed by atoms with Gasteiger partial charge in [-0.15, -0.1) is 0 Å². The Hall–Kier alpha value is -4.20. The largest absolute Gasteiger partial charge is 0.457 e. The standard InChI is InChI=1S/C22H19N3O5/c26-21(15-24-22(27)17-7-5-8-18(13-17)25(28)29)23-14-16-6-4-11-20(12-16)30-19-9-2-1-3-10-19/h1-13H,14-15H2,(H,23,26)(H,24,27). The van der Waals surface area contributed by atoms with Crippen LogP contribution in [-0.4, -0.2) is 23.3 Å². The van der Waals surface area contributed by atoms with E-state index >= 15 is 0 Å². The molecule has 2 amide bonds. The second kappa shape index (κ2) is 9.83. The van der Waals surface area contributed by atoms with Crippen molar-refractivity contribution in [3.8, 4) is 11.5 Å². The summed E-state index contributed by atoms with van der Waals surface area (Å²) in [5.41, 5.74) is 0.759. The number of nitrogens with one attached hydrogen (secondary N) is 2. The van der Waals surface area contributed by atoms with Crippen LogP contribution in [0.1, 0.15) is 15.9 Å². The van der Waals surface area contributed by atoms with Gasteiger partial charge in [0.15, 0.2) is 0 Å². The second-order valence-corrected chi connectivity index (χ2v) is 6.33. The molecule has 0 aromatic heterocycles. The molecule has 0 saturated heterocycles. The first-order chi connectivity index (χ1) is 14.5. The molecule has 8 heteroatoms. The summed E-state index contributed by atoms with van der Waals surface area (Å²) in [5, 5.41) is 15.9. The predicted octanol–water partition coefficient (Wildman–Crippen LogP) is 3.43. The van der Waals surface area contributed by atoms with Crippen molar-refractivity contribution in [1.82, 2.24) is 10.6 Å². The van der Waals surface area contributed by atoms with Crippen LogP contribution in [-0.2, 0) is 11.3 Å². The van der Waals surface area contributed by atoms with Gasteiger partial charge in [-0.1, -0.05) is 36.4 Å². The summed E-state index contributed by atoms with van der Waals surface area (Å²) in [6.07, 6.45) is 0. The van der Waals surface area contributed by atoms with E-state index < -0.39 is 10.8 Å². The van der Waals surface area contributed by atoms with E-state index in [4.69, 9.17) is 4.74 Å². The molecule has 30 heavy (non-hydrogen) atoms. The lowest BCUT2D eigenvalue weighted by molar-refractivity contribution is -0.384. The number of nitrogens with zero attached hydrogens (tertiary/aromatic N) is 1. The molecule has 8 nitrogen and oxygen atoms in total. The minimum absolute atomic E-state index is 0.114. The Balaban J connectivity index is 1.49. The van der Waals surface area contributed by atoms with E-state index in [1.165, 1.54) is 18.2 Å². The summed E-state index contributed by atoms with van der Waals surface area (Å²) in [4.78, 5) is 34.3. The number of rotatable bonds is 8. The maximum Gasteiger partial charge on any atom is 0.270 e. The first-order valence-electron chi connectivity index (χ1n) is 9.12. The van der Waals surface area contributed by atoms with Gasteiger partial charge >= 0.3 is 0 Å². The van der Waals surface area contributed by atoms with Gasteiger partial charge in [-0.05, 0) is 35.9 Å². The smallest absolute Gasteiger partial charge is 0.270 e. The number of hydrogen-bond acceptors (Lipinski definition) is 5. The maximum absolute atomic E-state index is 12.1. The van der Waals surface area contributed by atoms with Crippen LogP contribution in [0.25, 0.3) is 0 Å². The van der Waals surface area contributed by atoms with Gasteiger partial charge in [0.05, 0.1) is 11.5 Å². The molecule has 0 unspecified atom stereocenters. The summed E-state index contributed by atoms with van der Waals surface area (Å²) >= 11 is 0. The summed E-state index contributed by atoms with van der Waals surface area (Å²) in [5.74, 6) is 0.407. The van der Waals surface area contributed by atoms with Gasteiger partial charge < -0.3 is 15.4 Å². The normalized spacial score (nSPS) is 10.1. The zero-order chi connectivity index (χ0) is 21.3. The van der Waals surface area contributed by atoms with Crippen LogP contribution in [0, 0.1) is 10.1 Å². The number of ether oxygens (including phenoxy) is 1. The fraction of sp³-hybridized carbons (Fsp3) is 0.0909. The third kappa shape index (κ3) is 5.90. The van der Waals surface area contributed by atoms with Crippen molar-refractivity contribution in [1.29, 1.82) is 0 Å². The Morgan fingerprint density at radius 2 is 1.60 bits per heavy atom. The lowest BCUT2D eigenvalue weighted by Gasteiger charge is -2.09. The highest BCUT2D eigenvalue weighted by atomic mass is 16.6. The molecule has 0 heterocycles. The topological polar surface area (TPSA) is 111 Å². The molecule has 0 atom stereocenters. The Morgan fingerprint density at radius 1 is 0.867 bits per heavy atom. The number of non-ortho nitro benzene ring substituents is 1. The number of carbonyl (C=O) groups excluding carboxylic acids is 2. The highest BCUT2D eigenvalue weighted by molar-refractivity contribution is 5.96. The van der Waals surface area contributed by atoms with Crippen molar-refractivity contribution in [2.75, 3.05) is 6.54 Å². The third-order valence-electron chi connectivity index (χ3n) is 4.10. The number of nitro groups is 1. The van der Waals surface area contributed by atoms with E-state index in [0.29, 0.717) is 11.5 Å². The summed E-state index contributed by atoms with van der Waals surface area (Å²) in [6, 6.07) is 22.0. The quantitative estimate of drug-likeness (QED) is 0.441. The average molecular weight is 405 g/mol. The Labute approximate surface area is 172 Å². The van der Waals surface area contributed by atoms with Gasteiger partial charge in [0.2, 0.25) is 5.91 Å². The monoisotopic (exact) mass is 405 g/mol. The predicted molar refractivity (Wildman–Crippen MR) is 110 cm³/mol. The Kier molecular flexibility index (Phi) is 6.73. The molecule has 152 valence electrons. The van der Waals surface area contributed by atoms with E-state index in [1.54, 1.807) is 0 Å². The van der Waals surface area contributed by atoms with Gasteiger partial charge in [-0.3, -0.25) is 19.7 Å². The Morgan fingerprint density at radius 3 is 2.37 bits per heavy atom. The van der Waals surface area contributed by atoms with Crippen molar-refractivity contribution >= 4 is 17.5 Å². The number of carbonyl (C=O) groups is 2. The van der Waals surface area contributed by atoms with E-state index in [9.17, 15) is 19.7 Å². The van der Waals surface area contributed by atoms with Gasteiger partial charge in [0.1, 0.15) is 11.5 Å². The van der Waals surface area contributed by atoms with Crippen molar-refractivity contribution in [3.63, 3.8) is 0 Å². The number of para-hydroxylation sites is 1. The highest BCUT2D eigenvalue weighted by Crippen LogP contribution is 2.21. The van der Waals surface area contributed by atoms with Crippen LogP contribution >= 0.6 is 0 Å². The highest BCUT2D eigenvalue weighted by Gasteiger charge is 2.12. The third-order valence-corrected chi connectivity index (χ3v) is 4.10. The fourth-order valence-electron chi connectivity index (χ4n) is 2.63. The van der Waals surface area contributed by atoms with Gasteiger partial charge in [-0.2, -0.15) is 0 Å². The molecule has 0 aliphatic rings. The average Bonchev–Trinajstić information content (AvgIpc) is 2.77. The first kappa shape index (κ1) is 20.5. The molecule has 0 aliphatic carbocycles. The minimum Gasteiger partial charge on any atom is -0.457 e. The fourth-order valence-corrected chi connectivity index (χ4v) is 2.63. The van der Waals surface area contributed by atoms with Crippen molar-refractivity contribution < 1.29 is 19.2 Å². The molecule has 0 radical (unpaired) electrons.